The van der Waals surface area contributed by atoms with Gasteiger partial charge in [-0.3, -0.25) is 0 Å². The molecule has 0 aliphatic carbocycles. The minimum absolute atomic E-state index is 0.351. The highest BCUT2D eigenvalue weighted by atomic mass is 16.5. The number of ether oxygens (including phenoxy) is 1. The zero-order valence-corrected chi connectivity index (χ0v) is 10.9. The van der Waals surface area contributed by atoms with Gasteiger partial charge in [0.2, 0.25) is 0 Å². The number of nitrogens with two attached hydrogens (primary N) is 1. The molecule has 0 radical (unpaired) electrons. The molecule has 1 aromatic heterocycles. The number of carbonyl (C=O) groups is 1. The molecule has 5 nitrogen and oxygen atoms in total. The van der Waals surface area contributed by atoms with Crippen LogP contribution in [0.2, 0.25) is 0 Å². The molecule has 0 fully saturated rings. The maximum absolute atomic E-state index is 11.8. The van der Waals surface area contributed by atoms with E-state index in [-0.39, 0.29) is 5.97 Å². The molecule has 5 heteroatoms. The van der Waals surface area contributed by atoms with Gasteiger partial charge in [-0.05, 0) is 18.1 Å². The quantitative estimate of drug-likeness (QED) is 0.827. The summed E-state index contributed by atoms with van der Waals surface area (Å²) in [6.07, 6.45) is 3.14. The average Bonchev–Trinajstić information content (AvgIpc) is 2.88. The van der Waals surface area contributed by atoms with Crippen LogP contribution in [-0.2, 0) is 17.8 Å². The minimum atomic E-state index is -0.356. The Labute approximate surface area is 112 Å². The van der Waals surface area contributed by atoms with Crippen molar-refractivity contribution < 1.29 is 9.53 Å². The Morgan fingerprint density at radius 1 is 1.37 bits per heavy atom. The molecule has 2 rings (SSSR count). The van der Waals surface area contributed by atoms with Crippen molar-refractivity contribution in [2.45, 2.75) is 20.0 Å². The molecule has 0 saturated carbocycles. The van der Waals surface area contributed by atoms with Crippen LogP contribution in [0.5, 0.6) is 0 Å². The van der Waals surface area contributed by atoms with Crippen molar-refractivity contribution >= 4 is 5.97 Å². The number of imidazole rings is 1. The van der Waals surface area contributed by atoms with Gasteiger partial charge in [0, 0.05) is 13.1 Å². The SMILES string of the molecule is CCOC(=O)c1cncn1Cc1ccccc1CN. The average molecular weight is 259 g/mol. The normalized spacial score (nSPS) is 10.4. The van der Waals surface area contributed by atoms with E-state index < -0.39 is 0 Å². The molecule has 19 heavy (non-hydrogen) atoms. The van der Waals surface area contributed by atoms with Gasteiger partial charge in [-0.2, -0.15) is 0 Å². The molecular formula is C14H17N3O2. The zero-order chi connectivity index (χ0) is 13.7. The third-order valence-corrected chi connectivity index (χ3v) is 2.88. The van der Waals surface area contributed by atoms with Gasteiger partial charge < -0.3 is 15.0 Å². The van der Waals surface area contributed by atoms with Crippen LogP contribution < -0.4 is 5.73 Å². The van der Waals surface area contributed by atoms with Crippen LogP contribution in [0.4, 0.5) is 0 Å². The molecule has 2 N–H and O–H groups in total. The van der Waals surface area contributed by atoms with Crippen LogP contribution in [0.3, 0.4) is 0 Å². The monoisotopic (exact) mass is 259 g/mol. The highest BCUT2D eigenvalue weighted by Gasteiger charge is 2.13. The van der Waals surface area contributed by atoms with Gasteiger partial charge in [0.1, 0.15) is 5.69 Å². The van der Waals surface area contributed by atoms with Crippen molar-refractivity contribution in [3.63, 3.8) is 0 Å². The summed E-state index contributed by atoms with van der Waals surface area (Å²) >= 11 is 0. The Hall–Kier alpha value is -2.14. The third-order valence-electron chi connectivity index (χ3n) is 2.88. The number of rotatable bonds is 5. The van der Waals surface area contributed by atoms with E-state index in [0.29, 0.717) is 25.4 Å². The fraction of sp³-hybridized carbons (Fsp3) is 0.286. The van der Waals surface area contributed by atoms with Crippen molar-refractivity contribution in [1.29, 1.82) is 0 Å². The predicted octanol–water partition coefficient (Wildman–Crippen LogP) is 1.57. The second kappa shape index (κ2) is 6.15. The summed E-state index contributed by atoms with van der Waals surface area (Å²) in [6, 6.07) is 7.88. The molecule has 0 atom stereocenters. The first-order valence-corrected chi connectivity index (χ1v) is 6.20. The van der Waals surface area contributed by atoms with Crippen LogP contribution in [0.15, 0.2) is 36.8 Å². The molecule has 0 amide bonds. The third kappa shape index (κ3) is 3.00. The number of aromatic nitrogens is 2. The largest absolute Gasteiger partial charge is 0.461 e. The smallest absolute Gasteiger partial charge is 0.356 e. The highest BCUT2D eigenvalue weighted by molar-refractivity contribution is 5.87. The lowest BCUT2D eigenvalue weighted by Gasteiger charge is -2.10. The Kier molecular flexibility index (Phi) is 4.30. The van der Waals surface area contributed by atoms with E-state index in [1.54, 1.807) is 17.8 Å². The standard InChI is InChI=1S/C14H17N3O2/c1-2-19-14(18)13-8-16-10-17(13)9-12-6-4-3-5-11(12)7-15/h3-6,8,10H,2,7,9,15H2,1H3. The predicted molar refractivity (Wildman–Crippen MR) is 71.6 cm³/mol. The zero-order valence-electron chi connectivity index (χ0n) is 10.9. The summed E-state index contributed by atoms with van der Waals surface area (Å²) in [4.78, 5) is 15.8. The molecule has 0 spiro atoms. The minimum Gasteiger partial charge on any atom is -0.461 e. The summed E-state index contributed by atoms with van der Waals surface area (Å²) in [6.45, 7) is 3.16. The van der Waals surface area contributed by atoms with Crippen molar-refractivity contribution in [3.8, 4) is 0 Å². The topological polar surface area (TPSA) is 70.1 Å². The van der Waals surface area contributed by atoms with Crippen LogP contribution >= 0.6 is 0 Å². The van der Waals surface area contributed by atoms with Crippen molar-refractivity contribution in [2.75, 3.05) is 6.61 Å². The van der Waals surface area contributed by atoms with E-state index in [1.165, 1.54) is 6.20 Å². The summed E-state index contributed by atoms with van der Waals surface area (Å²) in [7, 11) is 0. The Morgan fingerprint density at radius 3 is 2.79 bits per heavy atom. The van der Waals surface area contributed by atoms with E-state index in [4.69, 9.17) is 10.5 Å². The molecule has 0 bridgehead atoms. The number of esters is 1. The molecule has 0 unspecified atom stereocenters. The molecule has 0 aliphatic heterocycles. The van der Waals surface area contributed by atoms with E-state index in [1.807, 2.05) is 24.3 Å². The first kappa shape index (κ1) is 13.3. The molecular weight excluding hydrogens is 242 g/mol. The maximum Gasteiger partial charge on any atom is 0.356 e. The Morgan fingerprint density at radius 2 is 2.11 bits per heavy atom. The van der Waals surface area contributed by atoms with Gasteiger partial charge in [0.15, 0.2) is 0 Å². The van der Waals surface area contributed by atoms with Gasteiger partial charge in [-0.1, -0.05) is 24.3 Å². The maximum atomic E-state index is 11.8. The summed E-state index contributed by atoms with van der Waals surface area (Å²) in [5, 5.41) is 0. The van der Waals surface area contributed by atoms with Crippen molar-refractivity contribution in [3.05, 3.63) is 53.6 Å². The second-order valence-electron chi connectivity index (χ2n) is 4.10. The van der Waals surface area contributed by atoms with E-state index in [0.717, 1.165) is 11.1 Å². The number of hydrogen-bond donors (Lipinski definition) is 1. The summed E-state index contributed by atoms with van der Waals surface area (Å²) in [5.74, 6) is -0.356. The number of carbonyl (C=O) groups excluding carboxylic acids is 1. The van der Waals surface area contributed by atoms with Crippen molar-refractivity contribution in [2.24, 2.45) is 5.73 Å². The Balaban J connectivity index is 2.24. The van der Waals surface area contributed by atoms with Gasteiger partial charge >= 0.3 is 5.97 Å². The lowest BCUT2D eigenvalue weighted by Crippen LogP contribution is -2.13. The molecule has 100 valence electrons. The van der Waals surface area contributed by atoms with Gasteiger partial charge in [0.25, 0.3) is 0 Å². The lowest BCUT2D eigenvalue weighted by atomic mass is 10.1. The molecule has 2 aromatic rings. The second-order valence-corrected chi connectivity index (χ2v) is 4.10. The molecule has 1 heterocycles. The van der Waals surface area contributed by atoms with Crippen LogP contribution in [0, 0.1) is 0 Å². The van der Waals surface area contributed by atoms with Crippen molar-refractivity contribution in [1.82, 2.24) is 9.55 Å². The summed E-state index contributed by atoms with van der Waals surface area (Å²) < 4.78 is 6.77. The molecule has 0 aliphatic rings. The first-order valence-electron chi connectivity index (χ1n) is 6.20. The fourth-order valence-corrected chi connectivity index (χ4v) is 1.92. The lowest BCUT2D eigenvalue weighted by molar-refractivity contribution is 0.0514. The molecule has 0 saturated heterocycles. The van der Waals surface area contributed by atoms with Gasteiger partial charge in [0.05, 0.1) is 19.1 Å². The van der Waals surface area contributed by atoms with Crippen LogP contribution in [-0.4, -0.2) is 22.1 Å². The summed E-state index contributed by atoms with van der Waals surface area (Å²) in [5.41, 5.74) is 8.30. The first-order chi connectivity index (χ1) is 9.26. The van der Waals surface area contributed by atoms with Gasteiger partial charge in [-0.15, -0.1) is 0 Å². The Bertz CT molecular complexity index is 563. The van der Waals surface area contributed by atoms with E-state index in [9.17, 15) is 4.79 Å². The van der Waals surface area contributed by atoms with Gasteiger partial charge in [-0.25, -0.2) is 9.78 Å². The van der Waals surface area contributed by atoms with E-state index in [2.05, 4.69) is 4.98 Å². The number of hydrogen-bond acceptors (Lipinski definition) is 4. The highest BCUT2D eigenvalue weighted by Crippen LogP contribution is 2.12. The fourth-order valence-electron chi connectivity index (χ4n) is 1.92. The molecule has 1 aromatic carbocycles. The number of nitrogens with zero attached hydrogens (tertiary/aromatic N) is 2. The number of benzene rings is 1. The van der Waals surface area contributed by atoms with Crippen LogP contribution in [0.25, 0.3) is 0 Å². The van der Waals surface area contributed by atoms with Crippen LogP contribution in [0.1, 0.15) is 28.5 Å². The van der Waals surface area contributed by atoms with E-state index >= 15 is 0 Å².